The molecule has 1 aliphatic heterocycles. The second-order valence-electron chi connectivity index (χ2n) is 8.69. The van der Waals surface area contributed by atoms with Crippen LogP contribution in [0, 0.1) is 0 Å². The maximum atomic E-state index is 12.3. The van der Waals surface area contributed by atoms with Crippen molar-refractivity contribution < 1.29 is 9.53 Å². The van der Waals surface area contributed by atoms with Gasteiger partial charge in [0.25, 0.3) is 5.56 Å². The van der Waals surface area contributed by atoms with Gasteiger partial charge in [-0.2, -0.15) is 0 Å². The van der Waals surface area contributed by atoms with E-state index in [-0.39, 0.29) is 11.7 Å². The SMILES string of the molecule is CC(C)(C)OC(=O)N1CCN(c2ccc(Nc3nc(Cl)cc4cc[nH]c(=O)c34)cc2)CC1. The number of hydrogen-bond acceptors (Lipinski definition) is 6. The van der Waals surface area contributed by atoms with E-state index < -0.39 is 5.60 Å². The number of aromatic nitrogens is 2. The van der Waals surface area contributed by atoms with Gasteiger partial charge in [0.1, 0.15) is 16.6 Å². The van der Waals surface area contributed by atoms with E-state index in [0.717, 1.165) is 29.9 Å². The van der Waals surface area contributed by atoms with E-state index in [1.165, 1.54) is 0 Å². The van der Waals surface area contributed by atoms with Crippen LogP contribution in [-0.2, 0) is 4.74 Å². The van der Waals surface area contributed by atoms with Crippen LogP contribution in [0.25, 0.3) is 10.8 Å². The highest BCUT2D eigenvalue weighted by molar-refractivity contribution is 6.30. The Balaban J connectivity index is 1.43. The summed E-state index contributed by atoms with van der Waals surface area (Å²) in [6, 6.07) is 11.3. The lowest BCUT2D eigenvalue weighted by molar-refractivity contribution is 0.0240. The first-order valence-corrected chi connectivity index (χ1v) is 10.9. The number of carbonyl (C=O) groups is 1. The number of piperazine rings is 1. The molecule has 0 saturated carbocycles. The largest absolute Gasteiger partial charge is 0.444 e. The number of fused-ring (bicyclic) bond motifs is 1. The van der Waals surface area contributed by atoms with E-state index in [9.17, 15) is 9.59 Å². The third kappa shape index (κ3) is 4.96. The third-order valence-corrected chi connectivity index (χ3v) is 5.34. The van der Waals surface area contributed by atoms with Gasteiger partial charge in [-0.15, -0.1) is 0 Å². The summed E-state index contributed by atoms with van der Waals surface area (Å²) in [5.41, 5.74) is 1.13. The summed E-state index contributed by atoms with van der Waals surface area (Å²) >= 11 is 6.13. The second-order valence-corrected chi connectivity index (χ2v) is 9.08. The first-order chi connectivity index (χ1) is 15.2. The molecular formula is C23H26ClN5O3. The summed E-state index contributed by atoms with van der Waals surface area (Å²) in [5.74, 6) is 0.410. The molecule has 9 heteroatoms. The van der Waals surface area contributed by atoms with Gasteiger partial charge in [-0.1, -0.05) is 11.6 Å². The molecule has 0 aliphatic carbocycles. The maximum Gasteiger partial charge on any atom is 0.410 e. The van der Waals surface area contributed by atoms with Gasteiger partial charge in [-0.25, -0.2) is 9.78 Å². The predicted molar refractivity (Wildman–Crippen MR) is 127 cm³/mol. The van der Waals surface area contributed by atoms with Gasteiger partial charge in [0.05, 0.1) is 5.39 Å². The van der Waals surface area contributed by atoms with Crippen molar-refractivity contribution >= 4 is 45.7 Å². The summed E-state index contributed by atoms with van der Waals surface area (Å²) in [4.78, 5) is 35.5. The number of benzene rings is 1. The van der Waals surface area contributed by atoms with Gasteiger partial charge < -0.3 is 24.8 Å². The van der Waals surface area contributed by atoms with E-state index in [1.807, 2.05) is 45.0 Å². The van der Waals surface area contributed by atoms with Crippen LogP contribution in [0.15, 0.2) is 47.4 Å². The zero-order valence-corrected chi connectivity index (χ0v) is 19.1. The van der Waals surface area contributed by atoms with Gasteiger partial charge in [0, 0.05) is 43.8 Å². The summed E-state index contributed by atoms with van der Waals surface area (Å²) in [6.07, 6.45) is 1.32. The molecule has 1 fully saturated rings. The van der Waals surface area contributed by atoms with Crippen LogP contribution >= 0.6 is 11.6 Å². The molecule has 0 bridgehead atoms. The number of amides is 1. The predicted octanol–water partition coefficient (Wildman–Crippen LogP) is 4.38. The molecule has 1 saturated heterocycles. The molecule has 1 aliphatic rings. The number of anilines is 3. The van der Waals surface area contributed by atoms with E-state index in [2.05, 4.69) is 20.2 Å². The maximum absolute atomic E-state index is 12.3. The summed E-state index contributed by atoms with van der Waals surface area (Å²) in [6.45, 7) is 8.27. The minimum atomic E-state index is -0.495. The van der Waals surface area contributed by atoms with Crippen molar-refractivity contribution in [3.8, 4) is 0 Å². The molecule has 0 spiro atoms. The molecule has 0 unspecified atom stereocenters. The molecule has 2 N–H and O–H groups in total. The Hall–Kier alpha value is -3.26. The quantitative estimate of drug-likeness (QED) is 0.569. The Morgan fingerprint density at radius 2 is 1.81 bits per heavy atom. The van der Waals surface area contributed by atoms with Gasteiger partial charge in [-0.3, -0.25) is 4.79 Å². The average molecular weight is 456 g/mol. The minimum absolute atomic E-state index is 0.228. The average Bonchev–Trinajstić information content (AvgIpc) is 2.73. The highest BCUT2D eigenvalue weighted by Crippen LogP contribution is 2.26. The highest BCUT2D eigenvalue weighted by Gasteiger charge is 2.26. The van der Waals surface area contributed by atoms with E-state index in [4.69, 9.17) is 16.3 Å². The fraction of sp³-hybridized carbons (Fsp3) is 0.348. The van der Waals surface area contributed by atoms with Gasteiger partial charge >= 0.3 is 6.09 Å². The van der Waals surface area contributed by atoms with Gasteiger partial charge in [0.2, 0.25) is 0 Å². The number of halogens is 1. The van der Waals surface area contributed by atoms with Crippen LogP contribution in [0.1, 0.15) is 20.8 Å². The molecule has 1 amide bonds. The van der Waals surface area contributed by atoms with E-state index >= 15 is 0 Å². The molecule has 0 radical (unpaired) electrons. The van der Waals surface area contributed by atoms with Crippen molar-refractivity contribution in [2.24, 2.45) is 0 Å². The Bertz CT molecular complexity index is 1180. The van der Waals surface area contributed by atoms with Crippen molar-refractivity contribution in [1.82, 2.24) is 14.9 Å². The molecule has 3 heterocycles. The molecule has 32 heavy (non-hydrogen) atoms. The Morgan fingerprint density at radius 1 is 1.12 bits per heavy atom. The number of pyridine rings is 2. The normalized spacial score (nSPS) is 14.5. The Morgan fingerprint density at radius 3 is 2.47 bits per heavy atom. The number of nitrogens with one attached hydrogen (secondary N) is 2. The fourth-order valence-corrected chi connectivity index (χ4v) is 3.84. The van der Waals surface area contributed by atoms with Crippen LogP contribution in [0.4, 0.5) is 22.0 Å². The number of nitrogens with zero attached hydrogens (tertiary/aromatic N) is 3. The van der Waals surface area contributed by atoms with Crippen LogP contribution < -0.4 is 15.8 Å². The van der Waals surface area contributed by atoms with Crippen molar-refractivity contribution in [3.05, 3.63) is 58.1 Å². The summed E-state index contributed by atoms with van der Waals surface area (Å²) in [5, 5.41) is 4.69. The first kappa shape index (κ1) is 22.0. The second kappa shape index (κ2) is 8.70. The number of aromatic amines is 1. The van der Waals surface area contributed by atoms with Gasteiger partial charge in [0.15, 0.2) is 0 Å². The van der Waals surface area contributed by atoms with Crippen molar-refractivity contribution in [3.63, 3.8) is 0 Å². The Kier molecular flexibility index (Phi) is 5.97. The molecule has 3 aromatic rings. The molecule has 0 atom stereocenters. The lowest BCUT2D eigenvalue weighted by Gasteiger charge is -2.36. The molecule has 8 nitrogen and oxygen atoms in total. The summed E-state index contributed by atoms with van der Waals surface area (Å²) in [7, 11) is 0. The zero-order chi connectivity index (χ0) is 22.9. The van der Waals surface area contributed by atoms with Crippen LogP contribution in [-0.4, -0.2) is 52.7 Å². The Labute approximate surface area is 191 Å². The number of rotatable bonds is 3. The highest BCUT2D eigenvalue weighted by atomic mass is 35.5. The van der Waals surface area contributed by atoms with Gasteiger partial charge in [-0.05, 0) is 62.6 Å². The molecule has 1 aromatic carbocycles. The minimum Gasteiger partial charge on any atom is -0.444 e. The fourth-order valence-electron chi connectivity index (χ4n) is 3.64. The van der Waals surface area contributed by atoms with Crippen molar-refractivity contribution in [1.29, 1.82) is 0 Å². The summed E-state index contributed by atoms with van der Waals surface area (Å²) < 4.78 is 5.46. The van der Waals surface area contributed by atoms with Crippen molar-refractivity contribution in [2.45, 2.75) is 26.4 Å². The van der Waals surface area contributed by atoms with Crippen molar-refractivity contribution in [2.75, 3.05) is 36.4 Å². The smallest absolute Gasteiger partial charge is 0.410 e. The first-order valence-electron chi connectivity index (χ1n) is 10.5. The number of H-pyrrole nitrogens is 1. The molecule has 2 aromatic heterocycles. The molecule has 4 rings (SSSR count). The van der Waals surface area contributed by atoms with E-state index in [1.54, 1.807) is 23.2 Å². The lowest BCUT2D eigenvalue weighted by Crippen LogP contribution is -2.50. The van der Waals surface area contributed by atoms with Crippen LogP contribution in [0.3, 0.4) is 0 Å². The van der Waals surface area contributed by atoms with Crippen LogP contribution in [0.5, 0.6) is 0 Å². The topological polar surface area (TPSA) is 90.6 Å². The standard InChI is InChI=1S/C23H26ClN5O3/c1-23(2,3)32-22(31)29-12-10-28(11-13-29)17-6-4-16(5-7-17)26-20-19-15(14-18(24)27-20)8-9-25-21(19)30/h4-9,14H,10-13H2,1-3H3,(H,25,30)(H,26,27). The molecular weight excluding hydrogens is 430 g/mol. The van der Waals surface area contributed by atoms with Crippen LogP contribution in [0.2, 0.25) is 5.15 Å². The lowest BCUT2D eigenvalue weighted by atomic mass is 10.2. The third-order valence-electron chi connectivity index (χ3n) is 5.15. The number of ether oxygens (including phenoxy) is 1. The number of carbonyl (C=O) groups excluding carboxylic acids is 1. The number of hydrogen-bond donors (Lipinski definition) is 2. The van der Waals surface area contributed by atoms with E-state index in [0.29, 0.717) is 29.4 Å². The molecule has 168 valence electrons. The monoisotopic (exact) mass is 455 g/mol. The zero-order valence-electron chi connectivity index (χ0n) is 18.3.